The third kappa shape index (κ3) is 62.5. The zero-order valence-corrected chi connectivity index (χ0v) is 56.0. The molecule has 6 N–H and O–H groups in total. The van der Waals surface area contributed by atoms with E-state index < -0.39 is 24.4 Å². The van der Waals surface area contributed by atoms with Crippen LogP contribution in [0.1, 0.15) is 356 Å². The molecule has 0 saturated carbocycles. The largest absolute Gasteiger partial charge is 0.390 e. The highest BCUT2D eigenvalue weighted by Crippen LogP contribution is 2.17. The van der Waals surface area contributed by atoms with Crippen LogP contribution in [0.15, 0.2) is 0 Å². The number of aliphatic hydroxyl groups is 4. The summed E-state index contributed by atoms with van der Waals surface area (Å²) < 4.78 is 0. The van der Waals surface area contributed by atoms with Gasteiger partial charge in [0.05, 0.1) is 24.4 Å². The number of nitrogens with one attached hydrogen (secondary N) is 2. The lowest BCUT2D eigenvalue weighted by Crippen LogP contribution is -2.48. The maximum Gasteiger partial charge on any atom is 0.0793 e. The summed E-state index contributed by atoms with van der Waals surface area (Å²) in [6.07, 6.45) is 63.4. The van der Waals surface area contributed by atoms with Gasteiger partial charge in [0, 0.05) is 52.4 Å². The van der Waals surface area contributed by atoms with Crippen LogP contribution in [0.3, 0.4) is 0 Å². The van der Waals surface area contributed by atoms with Gasteiger partial charge in [-0.1, -0.05) is 324 Å². The molecule has 0 radical (unpaired) electrons. The van der Waals surface area contributed by atoms with Gasteiger partial charge in [-0.3, -0.25) is 14.7 Å². The van der Waals surface area contributed by atoms with Crippen LogP contribution in [0.5, 0.6) is 0 Å². The summed E-state index contributed by atoms with van der Waals surface area (Å²) in [4.78, 5) is 7.04. The molecule has 0 fully saturated rings. The molecule has 0 heterocycles. The third-order valence-corrected chi connectivity index (χ3v) is 17.5. The molecular formula is C72H151N5O4. The Morgan fingerprint density at radius 1 is 0.210 bits per heavy atom. The smallest absolute Gasteiger partial charge is 0.0793 e. The van der Waals surface area contributed by atoms with Crippen molar-refractivity contribution in [3.8, 4) is 0 Å². The molecule has 9 heteroatoms. The molecular weight excluding hydrogens is 999 g/mol. The Morgan fingerprint density at radius 3 is 0.568 bits per heavy atom. The molecule has 4 atom stereocenters. The first-order valence-corrected chi connectivity index (χ1v) is 37.1. The molecule has 488 valence electrons. The molecule has 0 aromatic carbocycles. The minimum Gasteiger partial charge on any atom is -0.390 e. The van der Waals surface area contributed by atoms with Gasteiger partial charge in [0.15, 0.2) is 0 Å². The average Bonchev–Trinajstić information content (AvgIpc) is 3.45. The zero-order chi connectivity index (χ0) is 59.0. The predicted octanol–water partition coefficient (Wildman–Crippen LogP) is 18.1. The fourth-order valence-electron chi connectivity index (χ4n) is 12.3. The molecule has 0 spiro atoms. The van der Waals surface area contributed by atoms with Gasteiger partial charge in [-0.2, -0.15) is 0 Å². The minimum absolute atomic E-state index is 0.472. The van der Waals surface area contributed by atoms with Gasteiger partial charge in [-0.05, 0) is 64.8 Å². The topological polar surface area (TPSA) is 115 Å². The summed E-state index contributed by atoms with van der Waals surface area (Å²) in [5.41, 5.74) is 0. The van der Waals surface area contributed by atoms with Crippen molar-refractivity contribution < 1.29 is 20.4 Å². The van der Waals surface area contributed by atoms with Crippen molar-refractivity contribution in [2.75, 3.05) is 85.1 Å². The van der Waals surface area contributed by atoms with E-state index >= 15 is 0 Å². The molecule has 0 aliphatic heterocycles. The molecule has 0 aromatic rings. The summed E-state index contributed by atoms with van der Waals surface area (Å²) >= 11 is 0. The molecule has 0 rings (SSSR count). The Bertz CT molecular complexity index is 1080. The maximum absolute atomic E-state index is 12.0. The molecule has 81 heavy (non-hydrogen) atoms. The van der Waals surface area contributed by atoms with Gasteiger partial charge in [-0.25, -0.2) is 0 Å². The van der Waals surface area contributed by atoms with Crippen molar-refractivity contribution >= 4 is 0 Å². The summed E-state index contributed by atoms with van der Waals surface area (Å²) in [7, 11) is 0. The Morgan fingerprint density at radius 2 is 0.370 bits per heavy atom. The Kier molecular flexibility index (Phi) is 66.9. The van der Waals surface area contributed by atoms with Crippen molar-refractivity contribution in [3.05, 3.63) is 0 Å². The first-order chi connectivity index (χ1) is 39.8. The monoisotopic (exact) mass is 1150 g/mol. The highest BCUT2D eigenvalue weighted by atomic mass is 16.3. The quantitative estimate of drug-likeness (QED) is 0.0331. The van der Waals surface area contributed by atoms with Crippen molar-refractivity contribution in [3.63, 3.8) is 0 Å². The standard InChI is InChI=1S/C72H151N5O4/c1-6-11-16-21-26-31-36-41-46-51-56-73-61-69(78)63-75(58-53-48-43-38-33-28-23-18-13-8-3)65-71(80)67-77(60-55-50-45-40-35-30-25-20-15-10-5)68-72(81)66-76(59-54-49-44-39-34-29-24-19-14-9-4)64-70(79)62-74-57-52-47-42-37-32-27-22-17-12-7-2/h69-74,78-81H,6-68H2,1-5H3. The number of unbranched alkanes of at least 4 members (excludes halogenated alkanes) is 45. The molecule has 9 nitrogen and oxygen atoms in total. The van der Waals surface area contributed by atoms with Gasteiger partial charge in [-0.15, -0.1) is 0 Å². The molecule has 0 aliphatic rings. The lowest BCUT2D eigenvalue weighted by atomic mass is 10.1. The van der Waals surface area contributed by atoms with Gasteiger partial charge in [0.1, 0.15) is 0 Å². The van der Waals surface area contributed by atoms with Crippen molar-refractivity contribution in [1.82, 2.24) is 25.3 Å². The van der Waals surface area contributed by atoms with Crippen molar-refractivity contribution in [2.45, 2.75) is 380 Å². The van der Waals surface area contributed by atoms with Crippen LogP contribution in [-0.2, 0) is 0 Å². The average molecular weight is 1150 g/mol. The van der Waals surface area contributed by atoms with E-state index in [1.807, 2.05) is 0 Å². The Labute approximate surface area is 508 Å². The van der Waals surface area contributed by atoms with Crippen LogP contribution in [0, 0.1) is 0 Å². The van der Waals surface area contributed by atoms with Crippen molar-refractivity contribution in [1.29, 1.82) is 0 Å². The Hall–Kier alpha value is -0.360. The van der Waals surface area contributed by atoms with E-state index in [9.17, 15) is 20.4 Å². The summed E-state index contributed by atoms with van der Waals surface area (Å²) in [5, 5.41) is 53.9. The SMILES string of the molecule is CCCCCCCCCCCCNCC(O)CN(CCCCCCCCCCCC)CC(O)CN(CCCCCCCCCCCC)CC(O)CN(CCCCCCCCCCCC)CC(O)CNCCCCCCCCCCCC. The molecule has 0 amide bonds. The van der Waals surface area contributed by atoms with E-state index in [1.54, 1.807) is 0 Å². The van der Waals surface area contributed by atoms with E-state index in [1.165, 1.54) is 302 Å². The molecule has 0 saturated heterocycles. The second-order valence-electron chi connectivity index (χ2n) is 26.2. The summed E-state index contributed by atoms with van der Waals surface area (Å²) in [6, 6.07) is 0. The molecule has 0 aromatic heterocycles. The van der Waals surface area contributed by atoms with Crippen LogP contribution in [0.25, 0.3) is 0 Å². The van der Waals surface area contributed by atoms with Crippen molar-refractivity contribution in [2.24, 2.45) is 0 Å². The second kappa shape index (κ2) is 67.2. The Balaban J connectivity index is 5.73. The first-order valence-electron chi connectivity index (χ1n) is 37.1. The normalized spacial score (nSPS) is 13.6. The number of rotatable bonds is 71. The van der Waals surface area contributed by atoms with Gasteiger partial charge in [0.2, 0.25) is 0 Å². The van der Waals surface area contributed by atoms with Gasteiger partial charge >= 0.3 is 0 Å². The van der Waals surface area contributed by atoms with Crippen LogP contribution in [0.2, 0.25) is 0 Å². The third-order valence-electron chi connectivity index (χ3n) is 17.5. The van der Waals surface area contributed by atoms with E-state index in [-0.39, 0.29) is 0 Å². The molecule has 0 aliphatic carbocycles. The fraction of sp³-hybridized carbons (Fsp3) is 1.00. The van der Waals surface area contributed by atoms with E-state index in [0.29, 0.717) is 52.4 Å². The van der Waals surface area contributed by atoms with Crippen LogP contribution >= 0.6 is 0 Å². The number of nitrogens with zero attached hydrogens (tertiary/aromatic N) is 3. The predicted molar refractivity (Wildman–Crippen MR) is 358 cm³/mol. The number of hydrogen-bond acceptors (Lipinski definition) is 9. The van der Waals surface area contributed by atoms with Crippen LogP contribution in [-0.4, -0.2) is 145 Å². The van der Waals surface area contributed by atoms with Gasteiger partial charge < -0.3 is 31.1 Å². The highest BCUT2D eigenvalue weighted by Gasteiger charge is 2.22. The first kappa shape index (κ1) is 80.6. The molecule has 0 bridgehead atoms. The molecule has 4 unspecified atom stereocenters. The summed E-state index contributed by atoms with van der Waals surface area (Å²) in [6.45, 7) is 20.5. The maximum atomic E-state index is 12.0. The second-order valence-corrected chi connectivity index (χ2v) is 26.2. The van der Waals surface area contributed by atoms with E-state index in [2.05, 4.69) is 60.0 Å². The summed E-state index contributed by atoms with van der Waals surface area (Å²) in [5.74, 6) is 0. The lowest BCUT2D eigenvalue weighted by molar-refractivity contribution is 0.0220. The van der Waals surface area contributed by atoms with Crippen LogP contribution < -0.4 is 10.6 Å². The fourth-order valence-corrected chi connectivity index (χ4v) is 12.3. The lowest BCUT2D eigenvalue weighted by Gasteiger charge is -2.33. The van der Waals surface area contributed by atoms with E-state index in [0.717, 1.165) is 52.0 Å². The van der Waals surface area contributed by atoms with E-state index in [4.69, 9.17) is 0 Å². The number of hydrogen-bond donors (Lipinski definition) is 6. The van der Waals surface area contributed by atoms with Crippen LogP contribution in [0.4, 0.5) is 0 Å². The zero-order valence-electron chi connectivity index (χ0n) is 56.0. The van der Waals surface area contributed by atoms with Gasteiger partial charge in [0.25, 0.3) is 0 Å². The highest BCUT2D eigenvalue weighted by molar-refractivity contribution is 4.78. The minimum atomic E-state index is -0.568. The number of aliphatic hydroxyl groups excluding tert-OH is 4.